The van der Waals surface area contributed by atoms with E-state index in [1.54, 1.807) is 13.0 Å². The summed E-state index contributed by atoms with van der Waals surface area (Å²) in [7, 11) is 0. The van der Waals surface area contributed by atoms with Crippen molar-refractivity contribution in [3.8, 4) is 0 Å². The summed E-state index contributed by atoms with van der Waals surface area (Å²) < 4.78 is 14.0. The number of nitrogens with one attached hydrogen (secondary N) is 1. The van der Waals surface area contributed by atoms with Crippen molar-refractivity contribution in [3.05, 3.63) is 35.1 Å². The summed E-state index contributed by atoms with van der Waals surface area (Å²) >= 11 is 4.32. The van der Waals surface area contributed by atoms with Crippen LogP contribution in [0.1, 0.15) is 36.8 Å². The smallest absolute Gasteiger partial charge is 0.223 e. The summed E-state index contributed by atoms with van der Waals surface area (Å²) in [6, 6.07) is 5.20. The van der Waals surface area contributed by atoms with E-state index in [0.29, 0.717) is 28.0 Å². The van der Waals surface area contributed by atoms with Gasteiger partial charge < -0.3 is 5.32 Å². The first-order chi connectivity index (χ1) is 11.6. The molecule has 1 amide bonds. The Bertz CT molecular complexity index is 628. The van der Waals surface area contributed by atoms with Crippen LogP contribution < -0.4 is 5.32 Å². The molecule has 5 heteroatoms. The van der Waals surface area contributed by atoms with Crippen LogP contribution in [-0.2, 0) is 11.3 Å². The van der Waals surface area contributed by atoms with E-state index >= 15 is 0 Å². The maximum Gasteiger partial charge on any atom is 0.223 e. The zero-order valence-corrected chi connectivity index (χ0v) is 15.6. The number of halogens is 1. The van der Waals surface area contributed by atoms with Crippen LogP contribution in [0.25, 0.3) is 0 Å². The Morgan fingerprint density at radius 1 is 1.25 bits per heavy atom. The number of hydrogen-bond acceptors (Lipinski definition) is 3. The molecule has 0 aromatic heterocycles. The maximum atomic E-state index is 13.6. The summed E-state index contributed by atoms with van der Waals surface area (Å²) in [6.07, 6.45) is 4.64. The first-order valence-corrected chi connectivity index (χ1v) is 10.9. The predicted octanol–water partition coefficient (Wildman–Crippen LogP) is 4.36. The topological polar surface area (TPSA) is 29.1 Å². The molecule has 1 spiro atoms. The predicted molar refractivity (Wildman–Crippen MR) is 99.6 cm³/mol. The number of aryl methyl sites for hydroxylation is 1. The van der Waals surface area contributed by atoms with Gasteiger partial charge in [-0.1, -0.05) is 12.1 Å². The van der Waals surface area contributed by atoms with Crippen molar-refractivity contribution in [1.29, 1.82) is 0 Å². The largest absolute Gasteiger partial charge is 0.352 e. The number of thioether (sulfide) groups is 2. The van der Waals surface area contributed by atoms with Gasteiger partial charge in [0.05, 0.1) is 4.08 Å². The van der Waals surface area contributed by atoms with E-state index in [9.17, 15) is 9.18 Å². The molecule has 130 valence electrons. The highest BCUT2D eigenvalue weighted by Gasteiger charge is 2.57. The van der Waals surface area contributed by atoms with Crippen LogP contribution in [0.2, 0.25) is 0 Å². The Kier molecular flexibility index (Phi) is 4.59. The molecule has 24 heavy (non-hydrogen) atoms. The number of benzene rings is 1. The molecule has 1 saturated heterocycles. The Labute approximate surface area is 151 Å². The minimum absolute atomic E-state index is 0.144. The lowest BCUT2D eigenvalue weighted by atomic mass is 9.79. The highest BCUT2D eigenvalue weighted by Crippen LogP contribution is 2.65. The van der Waals surface area contributed by atoms with Gasteiger partial charge >= 0.3 is 0 Å². The van der Waals surface area contributed by atoms with E-state index in [4.69, 9.17) is 0 Å². The molecular formula is C19H24FNOS2. The van der Waals surface area contributed by atoms with Gasteiger partial charge in [0.2, 0.25) is 5.91 Å². The van der Waals surface area contributed by atoms with Gasteiger partial charge in [-0.2, -0.15) is 0 Å². The third-order valence-corrected chi connectivity index (χ3v) is 9.97. The molecule has 1 heterocycles. The average Bonchev–Trinajstić information content (AvgIpc) is 3.11. The zero-order valence-electron chi connectivity index (χ0n) is 14.0. The fraction of sp³-hybridized carbons (Fsp3) is 0.632. The van der Waals surface area contributed by atoms with Gasteiger partial charge in [0.25, 0.3) is 0 Å². The molecule has 2 nitrogen and oxygen atoms in total. The third kappa shape index (κ3) is 2.88. The van der Waals surface area contributed by atoms with Gasteiger partial charge in [-0.05, 0) is 61.6 Å². The Hall–Kier alpha value is -0.680. The summed E-state index contributed by atoms with van der Waals surface area (Å²) in [6.45, 7) is 2.18. The van der Waals surface area contributed by atoms with Crippen LogP contribution in [0.4, 0.5) is 4.39 Å². The van der Waals surface area contributed by atoms with E-state index in [2.05, 4.69) is 28.8 Å². The van der Waals surface area contributed by atoms with Crippen molar-refractivity contribution < 1.29 is 9.18 Å². The van der Waals surface area contributed by atoms with Crippen LogP contribution in [0.3, 0.4) is 0 Å². The number of carbonyl (C=O) groups excluding carboxylic acids is 1. The van der Waals surface area contributed by atoms with E-state index < -0.39 is 0 Å². The summed E-state index contributed by atoms with van der Waals surface area (Å²) in [5.74, 6) is 4.04. The van der Waals surface area contributed by atoms with Gasteiger partial charge in [-0.15, -0.1) is 23.5 Å². The van der Waals surface area contributed by atoms with E-state index in [1.165, 1.54) is 30.4 Å². The average molecular weight is 366 g/mol. The van der Waals surface area contributed by atoms with Crippen molar-refractivity contribution in [2.24, 2.45) is 17.8 Å². The van der Waals surface area contributed by atoms with Gasteiger partial charge in [0.15, 0.2) is 0 Å². The van der Waals surface area contributed by atoms with Crippen LogP contribution in [0.5, 0.6) is 0 Å². The van der Waals surface area contributed by atoms with Crippen molar-refractivity contribution in [2.75, 3.05) is 11.5 Å². The van der Waals surface area contributed by atoms with E-state index in [0.717, 1.165) is 18.4 Å². The lowest BCUT2D eigenvalue weighted by Crippen LogP contribution is -2.42. The standard InChI is InChI=1S/C19H24FNOS2/c1-12-2-3-13(8-17(12)20)11-21-18(22)14-9-15-4-5-16(10-14)19(15)23-6-7-24-19/h2-3,8,14-16H,4-7,9-11H2,1H3,(H,21,22)/t14?,15-,16+. The van der Waals surface area contributed by atoms with Crippen LogP contribution in [0.15, 0.2) is 18.2 Å². The van der Waals surface area contributed by atoms with Crippen LogP contribution in [-0.4, -0.2) is 21.5 Å². The second-order valence-corrected chi connectivity index (χ2v) is 10.4. The van der Waals surface area contributed by atoms with Gasteiger partial charge in [-0.25, -0.2) is 4.39 Å². The molecule has 1 aromatic carbocycles. The maximum absolute atomic E-state index is 13.6. The van der Waals surface area contributed by atoms with Gasteiger partial charge in [-0.3, -0.25) is 4.79 Å². The summed E-state index contributed by atoms with van der Waals surface area (Å²) in [5, 5.41) is 3.04. The molecule has 3 aliphatic rings. The lowest BCUT2D eigenvalue weighted by molar-refractivity contribution is -0.126. The quantitative estimate of drug-likeness (QED) is 0.863. The minimum Gasteiger partial charge on any atom is -0.352 e. The second-order valence-electron chi connectivity index (χ2n) is 7.36. The van der Waals surface area contributed by atoms with Crippen molar-refractivity contribution in [2.45, 2.75) is 43.2 Å². The number of rotatable bonds is 3. The SMILES string of the molecule is Cc1ccc(CNC(=O)C2C[C@H]3CC[C@@H](C2)C32SCCS2)cc1F. The van der Waals surface area contributed by atoms with Crippen LogP contribution >= 0.6 is 23.5 Å². The Balaban J connectivity index is 1.37. The molecule has 2 bridgehead atoms. The molecule has 2 aliphatic carbocycles. The number of carbonyl (C=O) groups is 1. The molecule has 2 saturated carbocycles. The molecule has 1 aliphatic heterocycles. The Morgan fingerprint density at radius 3 is 2.54 bits per heavy atom. The minimum atomic E-state index is -0.199. The second kappa shape index (κ2) is 6.56. The van der Waals surface area contributed by atoms with Crippen molar-refractivity contribution in [1.82, 2.24) is 5.32 Å². The monoisotopic (exact) mass is 365 g/mol. The third-order valence-electron chi connectivity index (χ3n) is 5.95. The first-order valence-electron chi connectivity index (χ1n) is 8.89. The number of hydrogen-bond donors (Lipinski definition) is 1. The summed E-state index contributed by atoms with van der Waals surface area (Å²) in [4.78, 5) is 12.6. The van der Waals surface area contributed by atoms with Gasteiger partial charge in [0, 0.05) is 24.0 Å². The van der Waals surface area contributed by atoms with Crippen LogP contribution in [0, 0.1) is 30.5 Å². The van der Waals surface area contributed by atoms with Crippen molar-refractivity contribution in [3.63, 3.8) is 0 Å². The molecule has 1 unspecified atom stereocenters. The first kappa shape index (κ1) is 16.8. The molecule has 3 fully saturated rings. The molecule has 1 N–H and O–H groups in total. The zero-order chi connectivity index (χ0) is 16.7. The highest BCUT2D eigenvalue weighted by atomic mass is 32.2. The molecule has 0 radical (unpaired) electrons. The highest BCUT2D eigenvalue weighted by molar-refractivity contribution is 8.21. The number of amides is 1. The fourth-order valence-electron chi connectivity index (χ4n) is 4.69. The molecule has 4 rings (SSSR count). The van der Waals surface area contributed by atoms with E-state index in [1.807, 2.05) is 6.07 Å². The molecule has 3 atom stereocenters. The Morgan fingerprint density at radius 2 is 1.92 bits per heavy atom. The van der Waals surface area contributed by atoms with E-state index in [-0.39, 0.29) is 17.6 Å². The fourth-order valence-corrected chi connectivity index (χ4v) is 8.63. The normalized spacial score (nSPS) is 30.7. The van der Waals surface area contributed by atoms with Crippen molar-refractivity contribution >= 4 is 29.4 Å². The molecule has 1 aromatic rings. The summed E-state index contributed by atoms with van der Waals surface area (Å²) in [5.41, 5.74) is 1.48. The van der Waals surface area contributed by atoms with Gasteiger partial charge in [0.1, 0.15) is 5.82 Å². The lowest BCUT2D eigenvalue weighted by Gasteiger charge is -2.42. The molecular weight excluding hydrogens is 341 g/mol.